The Morgan fingerprint density at radius 1 is 1.33 bits per heavy atom. The molecule has 0 spiro atoms. The molecule has 0 aliphatic heterocycles. The minimum absolute atomic E-state index is 0.545. The van der Waals surface area contributed by atoms with Crippen LogP contribution in [0, 0.1) is 0 Å². The number of nitrogens with zero attached hydrogens (tertiary/aromatic N) is 3. The van der Waals surface area contributed by atoms with Crippen LogP contribution in [-0.4, -0.2) is 31.6 Å². The van der Waals surface area contributed by atoms with Crippen LogP contribution < -0.4 is 0 Å². The van der Waals surface area contributed by atoms with Crippen molar-refractivity contribution in [3.05, 3.63) is 24.8 Å². The van der Waals surface area contributed by atoms with Gasteiger partial charge in [-0.15, -0.1) is 11.6 Å². The molecule has 4 nitrogen and oxygen atoms in total. The van der Waals surface area contributed by atoms with Crippen molar-refractivity contribution >= 4 is 34.5 Å². The standard InChI is InChI=1S/C9H9ClN4S/c10-3-1-2-4-15-9-7-8(12-5-11-7)13-6-14-9/h1-2,5-6H,3-4H2,(H,11,12,13,14)/b2-1+. The Labute approximate surface area is 96.2 Å². The molecule has 0 atom stereocenters. The van der Waals surface area contributed by atoms with Crippen LogP contribution in [0.15, 0.2) is 29.8 Å². The van der Waals surface area contributed by atoms with Gasteiger partial charge in [-0.25, -0.2) is 15.0 Å². The van der Waals surface area contributed by atoms with E-state index in [0.29, 0.717) is 11.5 Å². The first-order valence-electron chi connectivity index (χ1n) is 4.39. The summed E-state index contributed by atoms with van der Waals surface area (Å²) < 4.78 is 0. The molecule has 2 rings (SSSR count). The first-order valence-corrected chi connectivity index (χ1v) is 5.91. The molecule has 2 aromatic rings. The van der Waals surface area contributed by atoms with Crippen molar-refractivity contribution in [2.75, 3.05) is 11.6 Å². The summed E-state index contributed by atoms with van der Waals surface area (Å²) in [6, 6.07) is 0. The molecular formula is C9H9ClN4S. The Morgan fingerprint density at radius 3 is 3.13 bits per heavy atom. The highest BCUT2D eigenvalue weighted by molar-refractivity contribution is 7.99. The van der Waals surface area contributed by atoms with E-state index in [1.54, 1.807) is 18.1 Å². The highest BCUT2D eigenvalue weighted by atomic mass is 35.5. The fourth-order valence-electron chi connectivity index (χ4n) is 1.11. The zero-order valence-electron chi connectivity index (χ0n) is 7.85. The number of fused-ring (bicyclic) bond motifs is 1. The highest BCUT2D eigenvalue weighted by Crippen LogP contribution is 2.21. The summed E-state index contributed by atoms with van der Waals surface area (Å²) >= 11 is 7.15. The lowest BCUT2D eigenvalue weighted by Crippen LogP contribution is -1.86. The molecule has 0 radical (unpaired) electrons. The highest BCUT2D eigenvalue weighted by Gasteiger charge is 2.04. The summed E-state index contributed by atoms with van der Waals surface area (Å²) in [5, 5.41) is 0.914. The van der Waals surface area contributed by atoms with Crippen molar-refractivity contribution in [2.24, 2.45) is 0 Å². The van der Waals surface area contributed by atoms with Gasteiger partial charge in [-0.3, -0.25) is 0 Å². The molecule has 15 heavy (non-hydrogen) atoms. The van der Waals surface area contributed by atoms with Crippen molar-refractivity contribution in [1.29, 1.82) is 0 Å². The van der Waals surface area contributed by atoms with Crippen LogP contribution in [-0.2, 0) is 0 Å². The minimum Gasteiger partial charge on any atom is -0.341 e. The van der Waals surface area contributed by atoms with Crippen molar-refractivity contribution < 1.29 is 0 Å². The maximum atomic E-state index is 5.52. The number of alkyl halides is 1. The molecular weight excluding hydrogens is 232 g/mol. The van der Waals surface area contributed by atoms with E-state index < -0.39 is 0 Å². The number of rotatable bonds is 4. The number of aromatic nitrogens is 4. The van der Waals surface area contributed by atoms with Gasteiger partial charge >= 0.3 is 0 Å². The number of imidazole rings is 1. The normalized spacial score (nSPS) is 11.5. The molecule has 0 saturated heterocycles. The number of aromatic amines is 1. The molecule has 0 saturated carbocycles. The first kappa shape index (κ1) is 10.4. The van der Waals surface area contributed by atoms with E-state index in [2.05, 4.69) is 19.9 Å². The van der Waals surface area contributed by atoms with Crippen LogP contribution in [0.25, 0.3) is 11.2 Å². The number of hydrogen-bond acceptors (Lipinski definition) is 4. The molecule has 0 aromatic carbocycles. The van der Waals surface area contributed by atoms with Crippen LogP contribution >= 0.6 is 23.4 Å². The van der Waals surface area contributed by atoms with Gasteiger partial charge in [0.1, 0.15) is 16.9 Å². The largest absolute Gasteiger partial charge is 0.341 e. The maximum absolute atomic E-state index is 5.52. The van der Waals surface area contributed by atoms with Crippen LogP contribution in [0.2, 0.25) is 0 Å². The Balaban J connectivity index is 2.13. The molecule has 0 unspecified atom stereocenters. The smallest absolute Gasteiger partial charge is 0.181 e. The summed E-state index contributed by atoms with van der Waals surface area (Å²) in [5.41, 5.74) is 1.59. The van der Waals surface area contributed by atoms with Crippen LogP contribution in [0.1, 0.15) is 0 Å². The molecule has 0 amide bonds. The summed E-state index contributed by atoms with van der Waals surface area (Å²) in [6.45, 7) is 0. The van der Waals surface area contributed by atoms with Gasteiger partial charge in [-0.05, 0) is 0 Å². The molecule has 2 heterocycles. The van der Waals surface area contributed by atoms with Crippen LogP contribution in [0.3, 0.4) is 0 Å². The van der Waals surface area contributed by atoms with Gasteiger partial charge in [-0.2, -0.15) is 0 Å². The molecule has 6 heteroatoms. The molecule has 0 fully saturated rings. The molecule has 78 valence electrons. The number of nitrogens with one attached hydrogen (secondary N) is 1. The minimum atomic E-state index is 0.545. The van der Waals surface area contributed by atoms with E-state index in [1.165, 1.54) is 6.33 Å². The van der Waals surface area contributed by atoms with Crippen molar-refractivity contribution in [1.82, 2.24) is 19.9 Å². The van der Waals surface area contributed by atoms with E-state index in [1.807, 2.05) is 12.2 Å². The van der Waals surface area contributed by atoms with E-state index in [-0.39, 0.29) is 0 Å². The maximum Gasteiger partial charge on any atom is 0.181 e. The molecule has 0 aliphatic rings. The van der Waals surface area contributed by atoms with Gasteiger partial charge in [0.15, 0.2) is 5.65 Å². The summed E-state index contributed by atoms with van der Waals surface area (Å²) in [4.78, 5) is 15.3. The fraction of sp³-hybridized carbons (Fsp3) is 0.222. The predicted octanol–water partition coefficient (Wildman–Crippen LogP) is 2.24. The topological polar surface area (TPSA) is 54.5 Å². The van der Waals surface area contributed by atoms with Gasteiger partial charge < -0.3 is 4.98 Å². The summed E-state index contributed by atoms with van der Waals surface area (Å²) in [6.07, 6.45) is 7.08. The zero-order chi connectivity index (χ0) is 10.5. The molecule has 0 aliphatic carbocycles. The number of thioether (sulfide) groups is 1. The van der Waals surface area contributed by atoms with E-state index >= 15 is 0 Å². The van der Waals surface area contributed by atoms with Crippen molar-refractivity contribution in [3.63, 3.8) is 0 Å². The number of H-pyrrole nitrogens is 1. The summed E-state index contributed by atoms with van der Waals surface area (Å²) in [7, 11) is 0. The fourth-order valence-corrected chi connectivity index (χ4v) is 2.04. The van der Waals surface area contributed by atoms with Crippen molar-refractivity contribution in [3.8, 4) is 0 Å². The van der Waals surface area contributed by atoms with Crippen molar-refractivity contribution in [2.45, 2.75) is 5.03 Å². The first-order chi connectivity index (χ1) is 7.42. The lowest BCUT2D eigenvalue weighted by Gasteiger charge is -1.97. The third-order valence-electron chi connectivity index (χ3n) is 1.76. The van der Waals surface area contributed by atoms with Gasteiger partial charge in [-0.1, -0.05) is 23.9 Å². The van der Waals surface area contributed by atoms with E-state index in [0.717, 1.165) is 16.3 Å². The van der Waals surface area contributed by atoms with Gasteiger partial charge in [0.25, 0.3) is 0 Å². The average molecular weight is 241 g/mol. The van der Waals surface area contributed by atoms with E-state index in [9.17, 15) is 0 Å². The Morgan fingerprint density at radius 2 is 2.27 bits per heavy atom. The third-order valence-corrected chi connectivity index (χ3v) is 2.88. The van der Waals surface area contributed by atoms with Gasteiger partial charge in [0.2, 0.25) is 0 Å². The zero-order valence-corrected chi connectivity index (χ0v) is 9.42. The summed E-state index contributed by atoms with van der Waals surface area (Å²) in [5.74, 6) is 1.39. The van der Waals surface area contributed by atoms with Gasteiger partial charge in [0.05, 0.1) is 6.33 Å². The average Bonchev–Trinajstić information content (AvgIpc) is 2.73. The quantitative estimate of drug-likeness (QED) is 0.385. The lowest BCUT2D eigenvalue weighted by atomic mass is 10.6. The second kappa shape index (κ2) is 5.14. The Hall–Kier alpha value is -1.07. The van der Waals surface area contributed by atoms with Gasteiger partial charge in [0, 0.05) is 11.6 Å². The second-order valence-corrected chi connectivity index (χ2v) is 4.03. The third kappa shape index (κ3) is 2.49. The molecule has 0 bridgehead atoms. The SMILES string of the molecule is ClC/C=C/CSc1ncnc2nc[nH]c12. The second-order valence-electron chi connectivity index (χ2n) is 2.72. The van der Waals surface area contributed by atoms with Crippen LogP contribution in [0.4, 0.5) is 0 Å². The number of allylic oxidation sites excluding steroid dienone is 1. The Kier molecular flexibility index (Phi) is 3.58. The number of hydrogen-bond donors (Lipinski definition) is 1. The molecule has 1 N–H and O–H groups in total. The van der Waals surface area contributed by atoms with Crippen LogP contribution in [0.5, 0.6) is 0 Å². The lowest BCUT2D eigenvalue weighted by molar-refractivity contribution is 1.09. The van der Waals surface area contributed by atoms with E-state index in [4.69, 9.17) is 11.6 Å². The monoisotopic (exact) mass is 240 g/mol. The predicted molar refractivity (Wildman–Crippen MR) is 62.3 cm³/mol. The molecule has 2 aromatic heterocycles. The Bertz CT molecular complexity index is 468. The number of halogens is 1.